The van der Waals surface area contributed by atoms with E-state index < -0.39 is 12.0 Å². The molecule has 0 aromatic heterocycles. The van der Waals surface area contributed by atoms with E-state index in [1.54, 1.807) is 30.3 Å². The number of rotatable bonds is 2. The van der Waals surface area contributed by atoms with Gasteiger partial charge in [0.1, 0.15) is 0 Å². The standard InChI is InChI=1S/C12H14F2N2O/c13-12(14)6-10(7-15-8-12)16-11(17)9-4-2-1-3-5-9/h1-5,10,15H,6-8H2,(H,16,17)/t10-/m0/s1. The molecule has 0 spiro atoms. The summed E-state index contributed by atoms with van der Waals surface area (Å²) in [5.41, 5.74) is 0.487. The minimum atomic E-state index is -2.74. The summed E-state index contributed by atoms with van der Waals surface area (Å²) in [6.07, 6.45) is -0.307. The molecule has 5 heteroatoms. The fraction of sp³-hybridized carbons (Fsp3) is 0.417. The van der Waals surface area contributed by atoms with Crippen LogP contribution in [0.5, 0.6) is 0 Å². The molecule has 1 aromatic rings. The van der Waals surface area contributed by atoms with Crippen LogP contribution >= 0.6 is 0 Å². The van der Waals surface area contributed by atoms with Crippen molar-refractivity contribution in [1.29, 1.82) is 0 Å². The predicted octanol–water partition coefficient (Wildman–Crippen LogP) is 1.41. The molecule has 2 N–H and O–H groups in total. The van der Waals surface area contributed by atoms with E-state index in [1.165, 1.54) is 0 Å². The first kappa shape index (κ1) is 12.0. The van der Waals surface area contributed by atoms with Crippen molar-refractivity contribution in [3.63, 3.8) is 0 Å². The van der Waals surface area contributed by atoms with Gasteiger partial charge < -0.3 is 10.6 Å². The average Bonchev–Trinajstić information content (AvgIpc) is 2.29. The molecule has 1 atom stereocenters. The summed E-state index contributed by atoms with van der Waals surface area (Å²) in [5.74, 6) is -3.05. The Morgan fingerprint density at radius 2 is 2.06 bits per heavy atom. The fourth-order valence-corrected chi connectivity index (χ4v) is 1.89. The molecule has 0 bridgehead atoms. The monoisotopic (exact) mass is 240 g/mol. The SMILES string of the molecule is O=C(N[C@@H]1CNCC(F)(F)C1)c1ccccc1. The summed E-state index contributed by atoms with van der Waals surface area (Å²) >= 11 is 0. The number of hydrogen-bond acceptors (Lipinski definition) is 2. The van der Waals surface area contributed by atoms with Crippen molar-refractivity contribution in [2.24, 2.45) is 0 Å². The molecule has 0 aliphatic carbocycles. The summed E-state index contributed by atoms with van der Waals surface area (Å²) in [7, 11) is 0. The van der Waals surface area contributed by atoms with Crippen molar-refractivity contribution < 1.29 is 13.6 Å². The highest BCUT2D eigenvalue weighted by atomic mass is 19.3. The summed E-state index contributed by atoms with van der Waals surface area (Å²) < 4.78 is 26.2. The lowest BCUT2D eigenvalue weighted by Gasteiger charge is -2.30. The number of alkyl halides is 2. The first-order chi connectivity index (χ1) is 8.07. The number of nitrogens with one attached hydrogen (secondary N) is 2. The van der Waals surface area contributed by atoms with Crippen LogP contribution in [0.1, 0.15) is 16.8 Å². The molecule has 1 aliphatic heterocycles. The van der Waals surface area contributed by atoms with Crippen molar-refractivity contribution in [3.05, 3.63) is 35.9 Å². The van der Waals surface area contributed by atoms with Crippen LogP contribution in [-0.4, -0.2) is 31.0 Å². The van der Waals surface area contributed by atoms with Crippen LogP contribution < -0.4 is 10.6 Å². The van der Waals surface area contributed by atoms with Crippen molar-refractivity contribution in [2.45, 2.75) is 18.4 Å². The molecule has 1 aliphatic rings. The predicted molar refractivity (Wildman–Crippen MR) is 60.1 cm³/mol. The van der Waals surface area contributed by atoms with Gasteiger partial charge in [0.05, 0.1) is 6.54 Å². The zero-order valence-corrected chi connectivity index (χ0v) is 9.25. The van der Waals surface area contributed by atoms with Crippen LogP contribution in [0.3, 0.4) is 0 Å². The average molecular weight is 240 g/mol. The van der Waals surface area contributed by atoms with E-state index in [0.29, 0.717) is 12.1 Å². The second-order valence-electron chi connectivity index (χ2n) is 4.23. The molecule has 2 rings (SSSR count). The van der Waals surface area contributed by atoms with Crippen LogP contribution in [0.25, 0.3) is 0 Å². The lowest BCUT2D eigenvalue weighted by molar-refractivity contribution is -0.0301. The van der Waals surface area contributed by atoms with Crippen LogP contribution in [0.4, 0.5) is 8.78 Å². The van der Waals surface area contributed by atoms with Crippen molar-refractivity contribution >= 4 is 5.91 Å². The molecule has 0 radical (unpaired) electrons. The Morgan fingerprint density at radius 3 is 2.71 bits per heavy atom. The second-order valence-corrected chi connectivity index (χ2v) is 4.23. The smallest absolute Gasteiger partial charge is 0.262 e. The Kier molecular flexibility index (Phi) is 3.38. The van der Waals surface area contributed by atoms with Gasteiger partial charge in [-0.1, -0.05) is 18.2 Å². The molecule has 1 fully saturated rings. The van der Waals surface area contributed by atoms with Crippen molar-refractivity contribution in [2.75, 3.05) is 13.1 Å². The molecule has 17 heavy (non-hydrogen) atoms. The van der Waals surface area contributed by atoms with Gasteiger partial charge in [-0.3, -0.25) is 4.79 Å². The van der Waals surface area contributed by atoms with E-state index >= 15 is 0 Å². The van der Waals surface area contributed by atoms with E-state index in [2.05, 4.69) is 10.6 Å². The number of carbonyl (C=O) groups is 1. The number of amides is 1. The third kappa shape index (κ3) is 3.23. The van der Waals surface area contributed by atoms with Crippen LogP contribution in [0, 0.1) is 0 Å². The quantitative estimate of drug-likeness (QED) is 0.820. The zero-order chi connectivity index (χ0) is 12.3. The maximum atomic E-state index is 13.1. The van der Waals surface area contributed by atoms with Crippen molar-refractivity contribution in [1.82, 2.24) is 10.6 Å². The van der Waals surface area contributed by atoms with Gasteiger partial charge in [-0.05, 0) is 12.1 Å². The summed E-state index contributed by atoms with van der Waals surface area (Å²) in [6, 6.07) is 8.07. The van der Waals surface area contributed by atoms with Crippen LogP contribution in [0.2, 0.25) is 0 Å². The van der Waals surface area contributed by atoms with E-state index in [1.807, 2.05) is 0 Å². The Morgan fingerprint density at radius 1 is 1.35 bits per heavy atom. The highest BCUT2D eigenvalue weighted by Crippen LogP contribution is 2.22. The summed E-state index contributed by atoms with van der Waals surface area (Å²) in [4.78, 5) is 11.7. The summed E-state index contributed by atoms with van der Waals surface area (Å²) in [5, 5.41) is 5.23. The molecule has 92 valence electrons. The van der Waals surface area contributed by atoms with Gasteiger partial charge in [-0.2, -0.15) is 0 Å². The maximum absolute atomic E-state index is 13.1. The van der Waals surface area contributed by atoms with Crippen molar-refractivity contribution in [3.8, 4) is 0 Å². The number of halogens is 2. The minimum absolute atomic E-state index is 0.307. The minimum Gasteiger partial charge on any atom is -0.348 e. The highest BCUT2D eigenvalue weighted by Gasteiger charge is 2.36. The van der Waals surface area contributed by atoms with Gasteiger partial charge in [-0.25, -0.2) is 8.78 Å². The zero-order valence-electron chi connectivity index (χ0n) is 9.25. The van der Waals surface area contributed by atoms with E-state index in [4.69, 9.17) is 0 Å². The van der Waals surface area contributed by atoms with Gasteiger partial charge >= 0.3 is 0 Å². The number of hydrogen-bond donors (Lipinski definition) is 2. The maximum Gasteiger partial charge on any atom is 0.262 e. The molecule has 0 saturated carbocycles. The number of benzene rings is 1. The van der Waals surface area contributed by atoms with E-state index in [9.17, 15) is 13.6 Å². The molecule has 1 saturated heterocycles. The van der Waals surface area contributed by atoms with Crippen LogP contribution in [0.15, 0.2) is 30.3 Å². The fourth-order valence-electron chi connectivity index (χ4n) is 1.89. The number of piperidine rings is 1. The molecular formula is C12H14F2N2O. The Bertz CT molecular complexity index is 395. The summed E-state index contributed by atoms with van der Waals surface area (Å²) in [6.45, 7) is 0.0683. The second kappa shape index (κ2) is 4.79. The molecule has 1 aromatic carbocycles. The van der Waals surface area contributed by atoms with Gasteiger partial charge in [0.15, 0.2) is 0 Å². The molecular weight excluding hydrogens is 226 g/mol. The topological polar surface area (TPSA) is 41.1 Å². The van der Waals surface area contributed by atoms with E-state index in [0.717, 1.165) is 0 Å². The van der Waals surface area contributed by atoms with Gasteiger partial charge in [0.2, 0.25) is 0 Å². The van der Waals surface area contributed by atoms with Crippen LogP contribution in [-0.2, 0) is 0 Å². The first-order valence-electron chi connectivity index (χ1n) is 5.51. The molecule has 3 nitrogen and oxygen atoms in total. The Hall–Kier alpha value is -1.49. The van der Waals surface area contributed by atoms with E-state index in [-0.39, 0.29) is 18.9 Å². The molecule has 1 amide bonds. The lowest BCUT2D eigenvalue weighted by atomic mass is 10.0. The van der Waals surface area contributed by atoms with Gasteiger partial charge in [0.25, 0.3) is 11.8 Å². The normalized spacial score (nSPS) is 23.1. The Labute approximate surface area is 98.2 Å². The largest absolute Gasteiger partial charge is 0.348 e. The van der Waals surface area contributed by atoms with Gasteiger partial charge in [0, 0.05) is 24.6 Å². The molecule has 1 heterocycles. The highest BCUT2D eigenvalue weighted by molar-refractivity contribution is 5.94. The third-order valence-corrected chi connectivity index (χ3v) is 2.69. The lowest BCUT2D eigenvalue weighted by Crippen LogP contribution is -2.53. The molecule has 0 unspecified atom stereocenters. The first-order valence-corrected chi connectivity index (χ1v) is 5.51. The third-order valence-electron chi connectivity index (χ3n) is 2.69. The number of carbonyl (C=O) groups excluding carboxylic acids is 1. The Balaban J connectivity index is 1.95. The van der Waals surface area contributed by atoms with Gasteiger partial charge in [-0.15, -0.1) is 0 Å².